The quantitative estimate of drug-likeness (QED) is 0.779. The van der Waals surface area contributed by atoms with Gasteiger partial charge >= 0.3 is 0 Å². The van der Waals surface area contributed by atoms with E-state index in [4.69, 9.17) is 0 Å². The predicted molar refractivity (Wildman–Crippen MR) is 86.0 cm³/mol. The van der Waals surface area contributed by atoms with Gasteiger partial charge in [0.15, 0.2) is 0 Å². The molecular formula is C18H26N2O. The normalized spacial score (nSPS) is 35.0. The van der Waals surface area contributed by atoms with Crippen LogP contribution in [-0.2, 0) is 11.8 Å². The molecule has 2 aliphatic carbocycles. The van der Waals surface area contributed by atoms with E-state index in [1.165, 1.54) is 49.8 Å². The summed E-state index contributed by atoms with van der Waals surface area (Å²) in [4.78, 5) is 2.59. The zero-order valence-corrected chi connectivity index (χ0v) is 13.2. The van der Waals surface area contributed by atoms with E-state index in [1.807, 2.05) is 7.05 Å². The second-order valence-electron chi connectivity index (χ2n) is 7.29. The number of likely N-dealkylation sites (N-methyl/N-ethyl adjacent to an activating group) is 1. The Morgan fingerprint density at radius 2 is 2.14 bits per heavy atom. The number of likely N-dealkylation sites (tertiary alicyclic amines) is 1. The van der Waals surface area contributed by atoms with E-state index in [0.29, 0.717) is 17.2 Å². The van der Waals surface area contributed by atoms with Gasteiger partial charge in [-0.25, -0.2) is 0 Å². The number of rotatable bonds is 1. The molecule has 1 saturated heterocycles. The Kier molecular flexibility index (Phi) is 2.97. The first-order chi connectivity index (χ1) is 10.2. The molecule has 0 amide bonds. The summed E-state index contributed by atoms with van der Waals surface area (Å²) >= 11 is 0. The van der Waals surface area contributed by atoms with Gasteiger partial charge < -0.3 is 15.3 Å². The van der Waals surface area contributed by atoms with Crippen LogP contribution in [0.25, 0.3) is 0 Å². The lowest BCUT2D eigenvalue weighted by atomic mass is 9.52. The molecule has 1 heterocycles. The van der Waals surface area contributed by atoms with Crippen LogP contribution < -0.4 is 5.32 Å². The summed E-state index contributed by atoms with van der Waals surface area (Å²) in [6.45, 7) is 1.20. The minimum atomic E-state index is 0.340. The van der Waals surface area contributed by atoms with Crippen molar-refractivity contribution in [3.8, 4) is 5.75 Å². The molecule has 2 fully saturated rings. The van der Waals surface area contributed by atoms with Gasteiger partial charge in [0.05, 0.1) is 5.69 Å². The van der Waals surface area contributed by atoms with Crippen LogP contribution in [0.2, 0.25) is 0 Å². The van der Waals surface area contributed by atoms with Gasteiger partial charge in [-0.1, -0.05) is 12.8 Å². The van der Waals surface area contributed by atoms with E-state index in [9.17, 15) is 5.11 Å². The molecule has 2 bridgehead atoms. The highest BCUT2D eigenvalue weighted by Gasteiger charge is 2.53. The van der Waals surface area contributed by atoms with Gasteiger partial charge in [0, 0.05) is 18.5 Å². The van der Waals surface area contributed by atoms with Gasteiger partial charge in [-0.15, -0.1) is 0 Å². The summed E-state index contributed by atoms with van der Waals surface area (Å²) in [5.41, 5.74) is 4.15. The van der Waals surface area contributed by atoms with Crippen molar-refractivity contribution in [2.75, 3.05) is 26.0 Å². The molecule has 3 nitrogen and oxygen atoms in total. The summed E-state index contributed by atoms with van der Waals surface area (Å²) in [7, 11) is 4.19. The van der Waals surface area contributed by atoms with E-state index >= 15 is 0 Å². The van der Waals surface area contributed by atoms with Gasteiger partial charge in [-0.2, -0.15) is 0 Å². The maximum absolute atomic E-state index is 10.3. The van der Waals surface area contributed by atoms with Gasteiger partial charge in [0.1, 0.15) is 5.75 Å². The topological polar surface area (TPSA) is 35.5 Å². The number of hydrogen-bond acceptors (Lipinski definition) is 3. The maximum Gasteiger partial charge on any atom is 0.138 e. The van der Waals surface area contributed by atoms with Crippen molar-refractivity contribution in [3.63, 3.8) is 0 Å². The number of benzene rings is 1. The molecule has 4 rings (SSSR count). The lowest BCUT2D eigenvalue weighted by Crippen LogP contribution is -2.59. The molecule has 0 unspecified atom stereocenters. The van der Waals surface area contributed by atoms with Crippen LogP contribution in [0.5, 0.6) is 5.75 Å². The third-order valence-electron chi connectivity index (χ3n) is 6.50. The van der Waals surface area contributed by atoms with E-state index in [1.54, 1.807) is 0 Å². The van der Waals surface area contributed by atoms with Crippen LogP contribution in [-0.4, -0.2) is 36.7 Å². The van der Waals surface area contributed by atoms with E-state index < -0.39 is 0 Å². The van der Waals surface area contributed by atoms with E-state index in [0.717, 1.165) is 18.0 Å². The number of nitrogens with zero attached hydrogens (tertiary/aromatic N) is 1. The molecule has 1 aromatic carbocycles. The number of piperidine rings is 1. The van der Waals surface area contributed by atoms with Gasteiger partial charge in [-0.3, -0.25) is 0 Å². The number of phenols is 1. The Bertz CT molecular complexity index is 571. The Balaban J connectivity index is 1.89. The van der Waals surface area contributed by atoms with Crippen molar-refractivity contribution in [1.82, 2.24) is 4.90 Å². The Hall–Kier alpha value is -1.22. The fourth-order valence-corrected chi connectivity index (χ4v) is 5.44. The average molecular weight is 286 g/mol. The number of nitrogens with one attached hydrogen (secondary N) is 1. The minimum absolute atomic E-state index is 0.340. The summed E-state index contributed by atoms with van der Waals surface area (Å²) < 4.78 is 0. The van der Waals surface area contributed by atoms with Crippen LogP contribution in [0.1, 0.15) is 43.2 Å². The number of fused-ring (bicyclic) bond motifs is 1. The Morgan fingerprint density at radius 1 is 1.29 bits per heavy atom. The molecule has 3 atom stereocenters. The van der Waals surface area contributed by atoms with Crippen molar-refractivity contribution in [3.05, 3.63) is 23.3 Å². The van der Waals surface area contributed by atoms with Crippen LogP contribution in [0.15, 0.2) is 12.1 Å². The molecule has 1 aromatic rings. The summed E-state index contributed by atoms with van der Waals surface area (Å²) in [5, 5.41) is 13.5. The molecule has 21 heavy (non-hydrogen) atoms. The highest BCUT2D eigenvalue weighted by molar-refractivity contribution is 5.61. The van der Waals surface area contributed by atoms with Crippen LogP contribution >= 0.6 is 0 Å². The molecule has 0 aromatic heterocycles. The summed E-state index contributed by atoms with van der Waals surface area (Å²) in [5.74, 6) is 1.21. The predicted octanol–water partition coefficient (Wildman–Crippen LogP) is 3.12. The second-order valence-corrected chi connectivity index (χ2v) is 7.29. The third-order valence-corrected chi connectivity index (χ3v) is 6.50. The SMILES string of the molecule is CNc1cc2c(cc1O)[C@]13CCCC[C@@H]1[C@H](C2)N(C)CC3. The first kappa shape index (κ1) is 13.4. The first-order valence-corrected chi connectivity index (χ1v) is 8.40. The van der Waals surface area contributed by atoms with Crippen molar-refractivity contribution in [1.29, 1.82) is 0 Å². The zero-order chi connectivity index (χ0) is 14.6. The number of hydrogen-bond donors (Lipinski definition) is 2. The highest BCUT2D eigenvalue weighted by Crippen LogP contribution is 2.56. The molecule has 0 radical (unpaired) electrons. The van der Waals surface area contributed by atoms with Gasteiger partial charge in [0.2, 0.25) is 0 Å². The largest absolute Gasteiger partial charge is 0.506 e. The zero-order valence-electron chi connectivity index (χ0n) is 13.2. The minimum Gasteiger partial charge on any atom is -0.506 e. The standard InChI is InChI=1S/C18H26N2O/c1-19-15-9-12-10-16-13-5-3-4-6-18(13,7-8-20(16)2)14(12)11-17(15)21/h9,11,13,16,19,21H,3-8,10H2,1-2H3/t13-,16+,18+/m1/s1. The maximum atomic E-state index is 10.3. The summed E-state index contributed by atoms with van der Waals surface area (Å²) in [6, 6.07) is 4.98. The fraction of sp³-hybridized carbons (Fsp3) is 0.667. The third kappa shape index (κ3) is 1.76. The molecule has 3 aliphatic rings. The smallest absolute Gasteiger partial charge is 0.138 e. The van der Waals surface area contributed by atoms with Crippen LogP contribution in [0.4, 0.5) is 5.69 Å². The highest BCUT2D eigenvalue weighted by atomic mass is 16.3. The van der Waals surface area contributed by atoms with Crippen molar-refractivity contribution >= 4 is 5.69 Å². The van der Waals surface area contributed by atoms with Crippen molar-refractivity contribution < 1.29 is 5.11 Å². The average Bonchev–Trinajstić information content (AvgIpc) is 2.51. The van der Waals surface area contributed by atoms with E-state index in [2.05, 4.69) is 29.4 Å². The van der Waals surface area contributed by atoms with Crippen LogP contribution in [0.3, 0.4) is 0 Å². The first-order valence-electron chi connectivity index (χ1n) is 8.40. The van der Waals surface area contributed by atoms with Crippen LogP contribution in [0, 0.1) is 5.92 Å². The Morgan fingerprint density at radius 3 is 2.95 bits per heavy atom. The molecule has 3 heteroatoms. The lowest BCUT2D eigenvalue weighted by molar-refractivity contribution is 0.00277. The molecule has 2 N–H and O–H groups in total. The Labute approximate surface area is 127 Å². The van der Waals surface area contributed by atoms with Crippen molar-refractivity contribution in [2.45, 2.75) is 50.0 Å². The number of anilines is 1. The molecule has 1 aliphatic heterocycles. The van der Waals surface area contributed by atoms with Gasteiger partial charge in [0.25, 0.3) is 0 Å². The van der Waals surface area contributed by atoms with Crippen molar-refractivity contribution in [2.24, 2.45) is 5.92 Å². The fourth-order valence-electron chi connectivity index (χ4n) is 5.44. The second kappa shape index (κ2) is 4.64. The lowest BCUT2D eigenvalue weighted by Gasteiger charge is -2.58. The molecule has 1 saturated carbocycles. The monoisotopic (exact) mass is 286 g/mol. The number of aromatic hydroxyl groups is 1. The summed E-state index contributed by atoms with van der Waals surface area (Å²) in [6.07, 6.45) is 7.81. The molecule has 0 spiro atoms. The number of phenolic OH excluding ortho intramolecular Hbond substituents is 1. The van der Waals surface area contributed by atoms with Gasteiger partial charge in [-0.05, 0) is 68.5 Å². The molecule has 114 valence electrons. The van der Waals surface area contributed by atoms with E-state index in [-0.39, 0.29) is 0 Å². The molecular weight excluding hydrogens is 260 g/mol.